The summed E-state index contributed by atoms with van der Waals surface area (Å²) in [6.07, 6.45) is -0.552. The van der Waals surface area contributed by atoms with Crippen molar-refractivity contribution >= 4 is 46.4 Å². The molecule has 1 atom stereocenters. The molecule has 8 heteroatoms. The van der Waals surface area contributed by atoms with Gasteiger partial charge in [0.05, 0.1) is 5.69 Å². The molecule has 0 aliphatic carbocycles. The summed E-state index contributed by atoms with van der Waals surface area (Å²) in [5, 5.41) is 10.2. The molecule has 0 radical (unpaired) electrons. The Kier molecular flexibility index (Phi) is 10.4. The number of aliphatic hydroxyl groups excluding tert-OH is 1. The van der Waals surface area contributed by atoms with Gasteiger partial charge >= 0.3 is 0 Å². The van der Waals surface area contributed by atoms with Crippen LogP contribution in [0.2, 0.25) is 0 Å². The van der Waals surface area contributed by atoms with Crippen LogP contribution in [0.15, 0.2) is 53.0 Å². The molecule has 1 heterocycles. The molecular weight excluding hydrogens is 458 g/mol. The Balaban J connectivity index is 0.00000182. The molecule has 2 aromatic rings. The Morgan fingerprint density at radius 2 is 1.63 bits per heavy atom. The molecular formula is C19H24BrCl2FN2O2. The molecule has 1 N–H and O–H groups in total. The second kappa shape index (κ2) is 11.7. The Labute approximate surface area is 180 Å². The standard InChI is InChI=1S/C19H22BrFN2O2.2ClH/c20-15-5-7-17(8-6-15)25-14-16(24)13-22-9-11-23(12-10-22)19-4-2-1-3-18(19)21;;/h1-8,16,24H,9-14H2;2*1H. The lowest BCUT2D eigenvalue weighted by molar-refractivity contribution is 0.0662. The third-order valence-corrected chi connectivity index (χ3v) is 4.82. The summed E-state index contributed by atoms with van der Waals surface area (Å²) in [6, 6.07) is 14.4. The zero-order valence-corrected chi connectivity index (χ0v) is 18.0. The Morgan fingerprint density at radius 3 is 2.26 bits per heavy atom. The number of anilines is 1. The second-order valence-electron chi connectivity index (χ2n) is 6.16. The highest BCUT2D eigenvalue weighted by Crippen LogP contribution is 2.20. The number of rotatable bonds is 6. The van der Waals surface area contributed by atoms with Gasteiger partial charge in [-0.3, -0.25) is 4.90 Å². The average molecular weight is 482 g/mol. The van der Waals surface area contributed by atoms with Gasteiger partial charge in [-0.05, 0) is 36.4 Å². The monoisotopic (exact) mass is 480 g/mol. The highest BCUT2D eigenvalue weighted by molar-refractivity contribution is 9.10. The summed E-state index contributed by atoms with van der Waals surface area (Å²) in [5.74, 6) is 0.561. The molecule has 0 bridgehead atoms. The summed E-state index contributed by atoms with van der Waals surface area (Å²) in [6.45, 7) is 3.91. The first kappa shape index (κ1) is 24.0. The van der Waals surface area contributed by atoms with Crippen molar-refractivity contribution in [3.8, 4) is 5.75 Å². The number of nitrogens with zero attached hydrogens (tertiary/aromatic N) is 2. The fourth-order valence-corrected chi connectivity index (χ4v) is 3.22. The van der Waals surface area contributed by atoms with E-state index >= 15 is 0 Å². The maximum atomic E-state index is 13.9. The summed E-state index contributed by atoms with van der Waals surface area (Å²) in [5.41, 5.74) is 0.654. The van der Waals surface area contributed by atoms with Crippen molar-refractivity contribution in [1.29, 1.82) is 0 Å². The largest absolute Gasteiger partial charge is 0.491 e. The summed E-state index contributed by atoms with van der Waals surface area (Å²) in [4.78, 5) is 4.24. The highest BCUT2D eigenvalue weighted by Gasteiger charge is 2.21. The number of hydrogen-bond acceptors (Lipinski definition) is 4. The van der Waals surface area contributed by atoms with Crippen molar-refractivity contribution in [2.45, 2.75) is 6.10 Å². The second-order valence-corrected chi connectivity index (χ2v) is 7.07. The molecule has 1 saturated heterocycles. The molecule has 0 aromatic heterocycles. The fraction of sp³-hybridized carbons (Fsp3) is 0.368. The molecule has 150 valence electrons. The number of halogens is 4. The normalized spacial score (nSPS) is 15.4. The van der Waals surface area contributed by atoms with Crippen molar-refractivity contribution in [2.75, 3.05) is 44.2 Å². The van der Waals surface area contributed by atoms with E-state index in [1.165, 1.54) is 6.07 Å². The molecule has 1 unspecified atom stereocenters. The highest BCUT2D eigenvalue weighted by atomic mass is 79.9. The molecule has 0 spiro atoms. The van der Waals surface area contributed by atoms with E-state index in [0.717, 1.165) is 36.4 Å². The predicted octanol–water partition coefficient (Wildman–Crippen LogP) is 3.99. The van der Waals surface area contributed by atoms with Crippen LogP contribution in [-0.2, 0) is 0 Å². The van der Waals surface area contributed by atoms with Crippen LogP contribution in [0.5, 0.6) is 5.75 Å². The van der Waals surface area contributed by atoms with Crippen LogP contribution in [0.4, 0.5) is 10.1 Å². The van der Waals surface area contributed by atoms with Crippen molar-refractivity contribution in [1.82, 2.24) is 4.90 Å². The van der Waals surface area contributed by atoms with Crippen LogP contribution in [0.1, 0.15) is 0 Å². The number of piperazine rings is 1. The van der Waals surface area contributed by atoms with Crippen LogP contribution in [0.3, 0.4) is 0 Å². The summed E-state index contributed by atoms with van der Waals surface area (Å²) < 4.78 is 20.5. The Bertz CT molecular complexity index is 686. The maximum absolute atomic E-state index is 13.9. The zero-order chi connectivity index (χ0) is 17.6. The molecule has 0 saturated carbocycles. The van der Waals surface area contributed by atoms with Crippen LogP contribution in [0, 0.1) is 5.82 Å². The fourth-order valence-electron chi connectivity index (χ4n) is 2.95. The van der Waals surface area contributed by atoms with Crippen LogP contribution in [0.25, 0.3) is 0 Å². The lowest BCUT2D eigenvalue weighted by atomic mass is 10.2. The lowest BCUT2D eigenvalue weighted by Gasteiger charge is -2.36. The van der Waals surface area contributed by atoms with Gasteiger partial charge in [0.15, 0.2) is 0 Å². The van der Waals surface area contributed by atoms with Crippen LogP contribution < -0.4 is 9.64 Å². The van der Waals surface area contributed by atoms with Gasteiger partial charge in [0.2, 0.25) is 0 Å². The molecule has 1 aliphatic rings. The van der Waals surface area contributed by atoms with E-state index in [0.29, 0.717) is 12.2 Å². The predicted molar refractivity (Wildman–Crippen MR) is 115 cm³/mol. The number of aliphatic hydroxyl groups is 1. The van der Waals surface area contributed by atoms with Crippen molar-refractivity contribution in [2.24, 2.45) is 0 Å². The third kappa shape index (κ3) is 7.12. The molecule has 1 aliphatic heterocycles. The van der Waals surface area contributed by atoms with Crippen LogP contribution >= 0.6 is 40.7 Å². The Morgan fingerprint density at radius 1 is 1.00 bits per heavy atom. The van der Waals surface area contributed by atoms with E-state index in [-0.39, 0.29) is 37.2 Å². The molecule has 27 heavy (non-hydrogen) atoms. The maximum Gasteiger partial charge on any atom is 0.146 e. The van der Waals surface area contributed by atoms with Gasteiger partial charge in [0.25, 0.3) is 0 Å². The topological polar surface area (TPSA) is 35.9 Å². The number of ether oxygens (including phenoxy) is 1. The first-order chi connectivity index (χ1) is 12.1. The Hall–Kier alpha value is -1.05. The average Bonchev–Trinajstić information content (AvgIpc) is 2.62. The van der Waals surface area contributed by atoms with E-state index in [2.05, 4.69) is 25.7 Å². The van der Waals surface area contributed by atoms with Gasteiger partial charge in [0.1, 0.15) is 24.3 Å². The minimum atomic E-state index is -0.552. The molecule has 3 rings (SSSR count). The van der Waals surface area contributed by atoms with Crippen molar-refractivity contribution in [3.05, 3.63) is 58.8 Å². The molecule has 1 fully saturated rings. The van der Waals surface area contributed by atoms with E-state index in [9.17, 15) is 9.50 Å². The SMILES string of the molecule is Cl.Cl.OC(COc1ccc(Br)cc1)CN1CCN(c2ccccc2F)CC1. The van der Waals surface area contributed by atoms with E-state index < -0.39 is 6.10 Å². The van der Waals surface area contributed by atoms with Gasteiger partial charge in [-0.1, -0.05) is 28.1 Å². The number of β-amino-alcohol motifs (C(OH)–C–C–N with tert-alkyl or cyclic N) is 1. The number of para-hydroxylation sites is 1. The minimum Gasteiger partial charge on any atom is -0.491 e. The van der Waals surface area contributed by atoms with Crippen molar-refractivity contribution in [3.63, 3.8) is 0 Å². The summed E-state index contributed by atoms with van der Waals surface area (Å²) in [7, 11) is 0. The first-order valence-corrected chi connectivity index (χ1v) is 9.19. The number of benzene rings is 2. The first-order valence-electron chi connectivity index (χ1n) is 8.40. The van der Waals surface area contributed by atoms with Gasteiger partial charge in [0, 0.05) is 37.2 Å². The van der Waals surface area contributed by atoms with E-state index in [1.54, 1.807) is 6.07 Å². The van der Waals surface area contributed by atoms with E-state index in [4.69, 9.17) is 4.74 Å². The third-order valence-electron chi connectivity index (χ3n) is 4.29. The van der Waals surface area contributed by atoms with Gasteiger partial charge < -0.3 is 14.7 Å². The van der Waals surface area contributed by atoms with Crippen molar-refractivity contribution < 1.29 is 14.2 Å². The lowest BCUT2D eigenvalue weighted by Crippen LogP contribution is -2.49. The molecule has 0 amide bonds. The van der Waals surface area contributed by atoms with Crippen LogP contribution in [-0.4, -0.2) is 55.4 Å². The van der Waals surface area contributed by atoms with Gasteiger partial charge in [-0.2, -0.15) is 0 Å². The number of hydrogen-bond donors (Lipinski definition) is 1. The zero-order valence-electron chi connectivity index (χ0n) is 14.8. The molecule has 4 nitrogen and oxygen atoms in total. The smallest absolute Gasteiger partial charge is 0.146 e. The van der Waals surface area contributed by atoms with Gasteiger partial charge in [-0.15, -0.1) is 24.8 Å². The summed E-state index contributed by atoms with van der Waals surface area (Å²) >= 11 is 3.38. The van der Waals surface area contributed by atoms with Gasteiger partial charge in [-0.25, -0.2) is 4.39 Å². The molecule has 2 aromatic carbocycles. The quantitative estimate of drug-likeness (QED) is 0.676. The van der Waals surface area contributed by atoms with E-state index in [1.807, 2.05) is 36.4 Å². The minimum absolute atomic E-state index is 0.